The fourth-order valence-corrected chi connectivity index (χ4v) is 2.36. The molecule has 0 aliphatic carbocycles. The van der Waals surface area contributed by atoms with Gasteiger partial charge in [-0.3, -0.25) is 4.90 Å². The zero-order valence-corrected chi connectivity index (χ0v) is 11.5. The maximum Gasteiger partial charge on any atom is 0.118 e. The molecule has 1 heterocycles. The summed E-state index contributed by atoms with van der Waals surface area (Å²) in [6, 6.07) is 8.40. The van der Waals surface area contributed by atoms with Gasteiger partial charge in [-0.2, -0.15) is 0 Å². The van der Waals surface area contributed by atoms with Gasteiger partial charge in [-0.15, -0.1) is 0 Å². The van der Waals surface area contributed by atoms with Gasteiger partial charge in [0.1, 0.15) is 5.75 Å². The maximum absolute atomic E-state index is 5.18. The minimum Gasteiger partial charge on any atom is -0.497 e. The molecule has 98 valence electrons. The molecule has 0 fully saturated rings. The molecule has 0 unspecified atom stereocenters. The Hall–Kier alpha value is -1.28. The molecule has 0 radical (unpaired) electrons. The van der Waals surface area contributed by atoms with E-state index in [4.69, 9.17) is 4.74 Å². The molecule has 2 heteroatoms. The molecule has 1 aliphatic heterocycles. The molecule has 0 saturated heterocycles. The third-order valence-electron chi connectivity index (χ3n) is 3.48. The first kappa shape index (κ1) is 13.2. The second-order valence-corrected chi connectivity index (χ2v) is 4.98. The molecule has 1 aromatic carbocycles. The Bertz CT molecular complexity index is 394. The van der Waals surface area contributed by atoms with Crippen molar-refractivity contribution in [1.29, 1.82) is 0 Å². The maximum atomic E-state index is 5.18. The third kappa shape index (κ3) is 3.61. The predicted octanol–water partition coefficient (Wildman–Crippen LogP) is 3.28. The Labute approximate surface area is 110 Å². The number of ether oxygens (including phenoxy) is 1. The first-order valence-corrected chi connectivity index (χ1v) is 6.85. The van der Waals surface area contributed by atoms with Crippen LogP contribution in [-0.4, -0.2) is 31.6 Å². The Balaban J connectivity index is 1.83. The van der Waals surface area contributed by atoms with Gasteiger partial charge in [0.25, 0.3) is 0 Å². The van der Waals surface area contributed by atoms with Gasteiger partial charge in [0.05, 0.1) is 7.11 Å². The van der Waals surface area contributed by atoms with Crippen molar-refractivity contribution >= 4 is 0 Å². The summed E-state index contributed by atoms with van der Waals surface area (Å²) in [6.45, 7) is 5.76. The van der Waals surface area contributed by atoms with Crippen LogP contribution in [0.15, 0.2) is 35.9 Å². The molecule has 0 atom stereocenters. The van der Waals surface area contributed by atoms with E-state index in [2.05, 4.69) is 30.0 Å². The lowest BCUT2D eigenvalue weighted by Crippen LogP contribution is -2.22. The van der Waals surface area contributed by atoms with Crippen molar-refractivity contribution in [2.75, 3.05) is 26.7 Å². The fourth-order valence-electron chi connectivity index (χ4n) is 2.36. The largest absolute Gasteiger partial charge is 0.497 e. The first-order valence-electron chi connectivity index (χ1n) is 6.85. The molecule has 2 nitrogen and oxygen atoms in total. The number of nitrogens with zero attached hydrogens (tertiary/aromatic N) is 1. The Kier molecular flexibility index (Phi) is 4.82. The van der Waals surface area contributed by atoms with Crippen molar-refractivity contribution in [3.63, 3.8) is 0 Å². The molecule has 0 aromatic heterocycles. The van der Waals surface area contributed by atoms with Crippen LogP contribution in [0, 0.1) is 0 Å². The summed E-state index contributed by atoms with van der Waals surface area (Å²) in [5, 5.41) is 0. The molecular formula is C16H23NO. The third-order valence-corrected chi connectivity index (χ3v) is 3.48. The molecule has 1 aromatic rings. The van der Waals surface area contributed by atoms with Gasteiger partial charge < -0.3 is 4.74 Å². The van der Waals surface area contributed by atoms with E-state index in [-0.39, 0.29) is 0 Å². The smallest absolute Gasteiger partial charge is 0.118 e. The minimum absolute atomic E-state index is 0.934. The second kappa shape index (κ2) is 6.60. The molecule has 0 bridgehead atoms. The Morgan fingerprint density at radius 2 is 2.00 bits per heavy atom. The van der Waals surface area contributed by atoms with E-state index in [0.717, 1.165) is 25.3 Å². The van der Waals surface area contributed by atoms with Crippen LogP contribution < -0.4 is 4.74 Å². The molecular weight excluding hydrogens is 222 g/mol. The number of rotatable bonds is 6. The highest BCUT2D eigenvalue weighted by atomic mass is 16.5. The molecule has 1 aliphatic rings. The lowest BCUT2D eigenvalue weighted by atomic mass is 10.1. The first-order chi connectivity index (χ1) is 8.81. The van der Waals surface area contributed by atoms with Gasteiger partial charge in [-0.1, -0.05) is 37.1 Å². The average molecular weight is 245 g/mol. The lowest BCUT2D eigenvalue weighted by molar-refractivity contribution is 0.340. The van der Waals surface area contributed by atoms with Gasteiger partial charge in [0, 0.05) is 13.1 Å². The molecule has 0 amide bonds. The number of unbranched alkanes of at least 4 members (excludes halogenated alkanes) is 1. The number of hydrogen-bond donors (Lipinski definition) is 0. The highest BCUT2D eigenvalue weighted by molar-refractivity contribution is 5.31. The standard InChI is InChI=1S/C16H23NO/c1-3-4-10-17-11-9-15(13-17)12-14-5-7-16(18-2)8-6-14/h5-9H,3-4,10-13H2,1-2H3. The van der Waals surface area contributed by atoms with Crippen LogP contribution in [0.25, 0.3) is 0 Å². The van der Waals surface area contributed by atoms with Crippen LogP contribution in [0.3, 0.4) is 0 Å². The van der Waals surface area contributed by atoms with Gasteiger partial charge >= 0.3 is 0 Å². The summed E-state index contributed by atoms with van der Waals surface area (Å²) in [7, 11) is 1.71. The van der Waals surface area contributed by atoms with Crippen molar-refractivity contribution in [1.82, 2.24) is 4.90 Å². The summed E-state index contributed by atoms with van der Waals surface area (Å²) in [5.41, 5.74) is 2.93. The van der Waals surface area contributed by atoms with Gasteiger partial charge in [-0.25, -0.2) is 0 Å². The van der Waals surface area contributed by atoms with Crippen molar-refractivity contribution in [2.45, 2.75) is 26.2 Å². The summed E-state index contributed by atoms with van der Waals surface area (Å²) < 4.78 is 5.18. The molecule has 0 spiro atoms. The normalized spacial score (nSPS) is 15.8. The zero-order valence-electron chi connectivity index (χ0n) is 11.5. The van der Waals surface area contributed by atoms with Crippen molar-refractivity contribution in [3.05, 3.63) is 41.5 Å². The van der Waals surface area contributed by atoms with E-state index in [1.165, 1.54) is 24.9 Å². The summed E-state index contributed by atoms with van der Waals surface area (Å²) in [4.78, 5) is 2.53. The number of hydrogen-bond acceptors (Lipinski definition) is 2. The molecule has 0 N–H and O–H groups in total. The van der Waals surface area contributed by atoms with Gasteiger partial charge in [0.15, 0.2) is 0 Å². The van der Waals surface area contributed by atoms with Crippen LogP contribution in [0.4, 0.5) is 0 Å². The van der Waals surface area contributed by atoms with Crippen molar-refractivity contribution in [3.8, 4) is 5.75 Å². The SMILES string of the molecule is CCCCN1CC=C(Cc2ccc(OC)cc2)C1. The van der Waals surface area contributed by atoms with E-state index < -0.39 is 0 Å². The van der Waals surface area contributed by atoms with E-state index in [9.17, 15) is 0 Å². The van der Waals surface area contributed by atoms with Gasteiger partial charge in [0.2, 0.25) is 0 Å². The van der Waals surface area contributed by atoms with E-state index in [0.29, 0.717) is 0 Å². The van der Waals surface area contributed by atoms with E-state index >= 15 is 0 Å². The van der Waals surface area contributed by atoms with Crippen LogP contribution in [0.1, 0.15) is 25.3 Å². The zero-order chi connectivity index (χ0) is 12.8. The summed E-state index contributed by atoms with van der Waals surface area (Å²) >= 11 is 0. The highest BCUT2D eigenvalue weighted by Gasteiger charge is 2.13. The van der Waals surface area contributed by atoms with Crippen LogP contribution in [0.2, 0.25) is 0 Å². The summed E-state index contributed by atoms with van der Waals surface area (Å²) in [6.07, 6.45) is 6.06. The molecule has 0 saturated carbocycles. The van der Waals surface area contributed by atoms with Gasteiger partial charge in [-0.05, 0) is 37.1 Å². The minimum atomic E-state index is 0.934. The molecule has 18 heavy (non-hydrogen) atoms. The quantitative estimate of drug-likeness (QED) is 0.713. The van der Waals surface area contributed by atoms with Crippen molar-refractivity contribution in [2.24, 2.45) is 0 Å². The van der Waals surface area contributed by atoms with Crippen LogP contribution >= 0.6 is 0 Å². The fraction of sp³-hybridized carbons (Fsp3) is 0.500. The predicted molar refractivity (Wildman–Crippen MR) is 76.1 cm³/mol. The number of benzene rings is 1. The number of methoxy groups -OCH3 is 1. The second-order valence-electron chi connectivity index (χ2n) is 4.98. The summed E-state index contributed by atoms with van der Waals surface area (Å²) in [5.74, 6) is 0.934. The monoisotopic (exact) mass is 245 g/mol. The average Bonchev–Trinajstić information content (AvgIpc) is 2.85. The Morgan fingerprint density at radius 3 is 2.67 bits per heavy atom. The molecule has 2 rings (SSSR count). The highest BCUT2D eigenvalue weighted by Crippen LogP contribution is 2.18. The van der Waals surface area contributed by atoms with Crippen LogP contribution in [0.5, 0.6) is 5.75 Å². The lowest BCUT2D eigenvalue weighted by Gasteiger charge is -2.15. The van der Waals surface area contributed by atoms with E-state index in [1.54, 1.807) is 12.7 Å². The van der Waals surface area contributed by atoms with E-state index in [1.807, 2.05) is 12.1 Å². The van der Waals surface area contributed by atoms with Crippen LogP contribution in [-0.2, 0) is 6.42 Å². The Morgan fingerprint density at radius 1 is 1.22 bits per heavy atom. The van der Waals surface area contributed by atoms with Crippen molar-refractivity contribution < 1.29 is 4.74 Å². The topological polar surface area (TPSA) is 12.5 Å².